The number of carbonyl (C=O) groups excluding carboxylic acids is 2. The molecule has 0 spiro atoms. The van der Waals surface area contributed by atoms with Gasteiger partial charge in [-0.2, -0.15) is 0 Å². The van der Waals surface area contributed by atoms with Crippen LogP contribution in [0, 0.1) is 0 Å². The molecule has 2 aromatic rings. The van der Waals surface area contributed by atoms with Gasteiger partial charge in [-0.05, 0) is 6.07 Å². The Labute approximate surface area is 101 Å². The van der Waals surface area contributed by atoms with Gasteiger partial charge in [-0.1, -0.05) is 41.4 Å². The van der Waals surface area contributed by atoms with Crippen molar-refractivity contribution < 1.29 is 9.59 Å². The Balaban J connectivity index is 2.65. The maximum atomic E-state index is 11.7. The van der Waals surface area contributed by atoms with Gasteiger partial charge in [0.05, 0.1) is 10.6 Å². The van der Waals surface area contributed by atoms with E-state index < -0.39 is 11.6 Å². The molecule has 0 amide bonds. The summed E-state index contributed by atoms with van der Waals surface area (Å²) in [7, 11) is 0. The van der Waals surface area contributed by atoms with E-state index in [0.29, 0.717) is 21.4 Å². The smallest absolute Gasteiger partial charge is 0.235 e. The van der Waals surface area contributed by atoms with Crippen LogP contribution in [0.15, 0.2) is 24.3 Å². The van der Waals surface area contributed by atoms with Gasteiger partial charge in [-0.25, -0.2) is 0 Å². The van der Waals surface area contributed by atoms with Gasteiger partial charge in [0, 0.05) is 21.4 Å². The molecule has 0 saturated carbocycles. The van der Waals surface area contributed by atoms with E-state index in [2.05, 4.69) is 0 Å². The summed E-state index contributed by atoms with van der Waals surface area (Å²) in [4.78, 5) is 23.4. The standard InChI is InChI=1S/C12H4Cl2O2/c13-7-4-8(14)10-9-5(7)2-1-3-6(9)11(15)12(10)16/h1-4H. The van der Waals surface area contributed by atoms with Gasteiger partial charge in [-0.15, -0.1) is 0 Å². The Kier molecular flexibility index (Phi) is 1.88. The molecule has 2 nitrogen and oxygen atoms in total. The highest BCUT2D eigenvalue weighted by atomic mass is 35.5. The fraction of sp³-hybridized carbons (Fsp3) is 0. The molecule has 2 aromatic carbocycles. The SMILES string of the molecule is O=C1C(=O)c2c(Cl)cc(Cl)c3cccc1c23. The fourth-order valence-electron chi connectivity index (χ4n) is 2.05. The third kappa shape index (κ3) is 1.03. The topological polar surface area (TPSA) is 34.1 Å². The third-order valence-electron chi connectivity index (χ3n) is 2.74. The summed E-state index contributed by atoms with van der Waals surface area (Å²) in [5.74, 6) is -1.06. The van der Waals surface area contributed by atoms with Crippen LogP contribution in [-0.4, -0.2) is 11.6 Å². The minimum absolute atomic E-state index is 0.237. The molecule has 0 radical (unpaired) electrons. The van der Waals surface area contributed by atoms with E-state index in [1.165, 1.54) is 6.07 Å². The summed E-state index contributed by atoms with van der Waals surface area (Å²) in [6.07, 6.45) is 0. The Bertz CT molecular complexity index is 674. The molecule has 0 bridgehead atoms. The van der Waals surface area contributed by atoms with Crippen LogP contribution in [-0.2, 0) is 0 Å². The summed E-state index contributed by atoms with van der Waals surface area (Å²) in [5.41, 5.74) is 0.670. The zero-order chi connectivity index (χ0) is 11.4. The number of ketones is 2. The Morgan fingerprint density at radius 3 is 2.44 bits per heavy atom. The zero-order valence-corrected chi connectivity index (χ0v) is 9.39. The van der Waals surface area contributed by atoms with Crippen molar-refractivity contribution in [2.45, 2.75) is 0 Å². The first kappa shape index (κ1) is 9.82. The maximum Gasteiger partial charge on any atom is 0.235 e. The summed E-state index contributed by atoms with van der Waals surface area (Å²) in [6.45, 7) is 0. The van der Waals surface area contributed by atoms with Gasteiger partial charge < -0.3 is 0 Å². The van der Waals surface area contributed by atoms with Crippen molar-refractivity contribution in [3.05, 3.63) is 45.4 Å². The van der Waals surface area contributed by atoms with Gasteiger partial charge in [-0.3, -0.25) is 9.59 Å². The van der Waals surface area contributed by atoms with Crippen molar-refractivity contribution in [1.29, 1.82) is 0 Å². The van der Waals surface area contributed by atoms with Crippen molar-refractivity contribution in [3.8, 4) is 0 Å². The van der Waals surface area contributed by atoms with Crippen LogP contribution in [0.4, 0.5) is 0 Å². The second kappa shape index (κ2) is 3.06. The van der Waals surface area contributed by atoms with Crippen molar-refractivity contribution in [3.63, 3.8) is 0 Å². The zero-order valence-electron chi connectivity index (χ0n) is 7.88. The van der Waals surface area contributed by atoms with Crippen LogP contribution in [0.2, 0.25) is 10.0 Å². The minimum Gasteiger partial charge on any atom is -0.285 e. The highest BCUT2D eigenvalue weighted by molar-refractivity contribution is 6.60. The lowest BCUT2D eigenvalue weighted by Gasteiger charge is -2.03. The van der Waals surface area contributed by atoms with Crippen LogP contribution in [0.3, 0.4) is 0 Å². The molecular weight excluding hydrogens is 247 g/mol. The predicted octanol–water partition coefficient (Wildman–Crippen LogP) is 3.53. The third-order valence-corrected chi connectivity index (χ3v) is 3.35. The number of carbonyl (C=O) groups is 2. The normalized spacial score (nSPS) is 13.9. The van der Waals surface area contributed by atoms with E-state index in [-0.39, 0.29) is 10.6 Å². The van der Waals surface area contributed by atoms with E-state index in [9.17, 15) is 9.59 Å². The molecule has 1 aliphatic rings. The summed E-state index contributed by atoms with van der Waals surface area (Å²) in [6, 6.07) is 6.59. The van der Waals surface area contributed by atoms with Gasteiger partial charge >= 0.3 is 0 Å². The average molecular weight is 251 g/mol. The largest absolute Gasteiger partial charge is 0.285 e. The molecule has 16 heavy (non-hydrogen) atoms. The predicted molar refractivity (Wildman–Crippen MR) is 62.6 cm³/mol. The first-order valence-corrected chi connectivity index (χ1v) is 5.36. The molecular formula is C12H4Cl2O2. The molecule has 0 fully saturated rings. The monoisotopic (exact) mass is 250 g/mol. The quantitative estimate of drug-likeness (QED) is 0.671. The van der Waals surface area contributed by atoms with Gasteiger partial charge in [0.1, 0.15) is 0 Å². The fourth-order valence-corrected chi connectivity index (χ4v) is 2.66. The van der Waals surface area contributed by atoms with E-state index in [0.717, 1.165) is 0 Å². The number of Topliss-reactive ketones (excluding diaryl/α,β-unsaturated/α-hetero) is 2. The van der Waals surface area contributed by atoms with E-state index >= 15 is 0 Å². The maximum absolute atomic E-state index is 11.7. The molecule has 78 valence electrons. The molecule has 0 N–H and O–H groups in total. The van der Waals surface area contributed by atoms with Crippen molar-refractivity contribution in [1.82, 2.24) is 0 Å². The molecule has 3 rings (SSSR count). The highest BCUT2D eigenvalue weighted by Crippen LogP contribution is 2.39. The van der Waals surface area contributed by atoms with Gasteiger partial charge in [0.2, 0.25) is 11.6 Å². The van der Waals surface area contributed by atoms with Crippen LogP contribution in [0.1, 0.15) is 20.7 Å². The Morgan fingerprint density at radius 2 is 1.69 bits per heavy atom. The van der Waals surface area contributed by atoms with E-state index in [4.69, 9.17) is 23.2 Å². The molecule has 0 aliphatic heterocycles. The number of benzene rings is 2. The van der Waals surface area contributed by atoms with Crippen molar-refractivity contribution in [2.75, 3.05) is 0 Å². The lowest BCUT2D eigenvalue weighted by molar-refractivity contribution is 0.0825. The molecule has 0 unspecified atom stereocenters. The van der Waals surface area contributed by atoms with Crippen molar-refractivity contribution >= 4 is 45.5 Å². The van der Waals surface area contributed by atoms with Crippen LogP contribution in [0.5, 0.6) is 0 Å². The van der Waals surface area contributed by atoms with E-state index in [1.54, 1.807) is 18.2 Å². The van der Waals surface area contributed by atoms with Gasteiger partial charge in [0.15, 0.2) is 0 Å². The Hall–Kier alpha value is -1.38. The highest BCUT2D eigenvalue weighted by Gasteiger charge is 2.33. The van der Waals surface area contributed by atoms with Crippen molar-refractivity contribution in [2.24, 2.45) is 0 Å². The summed E-state index contributed by atoms with van der Waals surface area (Å²) < 4.78 is 0. The first-order valence-electron chi connectivity index (χ1n) is 4.61. The number of halogens is 2. The molecule has 0 heterocycles. The average Bonchev–Trinajstić information content (AvgIpc) is 2.51. The molecule has 0 atom stereocenters. The second-order valence-corrected chi connectivity index (χ2v) is 4.42. The van der Waals surface area contributed by atoms with Gasteiger partial charge in [0.25, 0.3) is 0 Å². The molecule has 1 aliphatic carbocycles. The lowest BCUT2D eigenvalue weighted by atomic mass is 10.1. The van der Waals surface area contributed by atoms with E-state index in [1.807, 2.05) is 0 Å². The number of rotatable bonds is 0. The number of hydrogen-bond acceptors (Lipinski definition) is 2. The molecule has 0 saturated heterocycles. The lowest BCUT2D eigenvalue weighted by Crippen LogP contribution is -2.06. The minimum atomic E-state index is -0.548. The molecule has 0 aromatic heterocycles. The second-order valence-electron chi connectivity index (χ2n) is 3.60. The molecule has 4 heteroatoms. The van der Waals surface area contributed by atoms with Crippen LogP contribution >= 0.6 is 23.2 Å². The van der Waals surface area contributed by atoms with Crippen LogP contribution < -0.4 is 0 Å². The Morgan fingerprint density at radius 1 is 0.938 bits per heavy atom. The number of hydrogen-bond donors (Lipinski definition) is 0. The first-order chi connectivity index (χ1) is 7.61. The summed E-state index contributed by atoms with van der Waals surface area (Å²) in [5, 5.41) is 1.96. The van der Waals surface area contributed by atoms with Crippen LogP contribution in [0.25, 0.3) is 10.8 Å². The summed E-state index contributed by atoms with van der Waals surface area (Å²) >= 11 is 12.0.